The van der Waals surface area contributed by atoms with Crippen LogP contribution in [0.4, 0.5) is 0 Å². The molecule has 0 heterocycles. The van der Waals surface area contributed by atoms with Crippen LogP contribution in [-0.4, -0.2) is 37.3 Å². The van der Waals surface area contributed by atoms with Gasteiger partial charge in [0, 0.05) is 10.4 Å². The molecule has 7 heteroatoms. The van der Waals surface area contributed by atoms with Gasteiger partial charge in [-0.1, -0.05) is 0 Å². The van der Waals surface area contributed by atoms with E-state index in [1.807, 2.05) is 0 Å². The van der Waals surface area contributed by atoms with Crippen molar-refractivity contribution in [2.75, 3.05) is 0 Å². The van der Waals surface area contributed by atoms with Gasteiger partial charge in [-0.3, -0.25) is 8.42 Å². The molecule has 0 bridgehead atoms. The molecule has 0 aromatic heterocycles. The Morgan fingerprint density at radius 1 is 1.14 bits per heavy atom. The molecule has 0 saturated heterocycles. The summed E-state index contributed by atoms with van der Waals surface area (Å²) < 4.78 is 34.1. The van der Waals surface area contributed by atoms with E-state index in [0.717, 1.165) is 0 Å². The van der Waals surface area contributed by atoms with Crippen LogP contribution in [0.2, 0.25) is 0 Å². The van der Waals surface area contributed by atoms with Gasteiger partial charge in [-0.25, -0.2) is 0 Å². The van der Waals surface area contributed by atoms with Gasteiger partial charge in [-0.15, -0.1) is 0 Å². The summed E-state index contributed by atoms with van der Waals surface area (Å²) in [7, 11) is -5.17. The van der Waals surface area contributed by atoms with Crippen molar-refractivity contribution in [3.8, 4) is 0 Å². The first-order valence-electron chi connectivity index (χ1n) is 0.667. The van der Waals surface area contributed by atoms with E-state index in [0.29, 0.717) is 0 Å². The summed E-state index contributed by atoms with van der Waals surface area (Å²) in [5.41, 5.74) is 0. The van der Waals surface area contributed by atoms with E-state index in [-0.39, 0.29) is 25.9 Å². The van der Waals surface area contributed by atoms with Crippen molar-refractivity contribution >= 4 is 30.2 Å². The maximum absolute atomic E-state index is 8.52. The first kappa shape index (κ1) is 15.7. The Kier molecular flexibility index (Phi) is 10.3. The van der Waals surface area contributed by atoms with Crippen molar-refractivity contribution in [3.63, 3.8) is 0 Å². The maximum Gasteiger partial charge on any atom is 3.00 e. The Labute approximate surface area is 54.3 Å². The fourth-order valence-electron chi connectivity index (χ4n) is 0. The van der Waals surface area contributed by atoms with Crippen molar-refractivity contribution in [1.29, 1.82) is 0 Å². The first-order chi connectivity index (χ1) is 2.00. The number of hydrogen-bond acceptors (Lipinski definition) is 4. The predicted molar refractivity (Wildman–Crippen MR) is 22.2 cm³/mol. The van der Waals surface area contributed by atoms with Crippen molar-refractivity contribution in [1.82, 2.24) is 6.15 Å². The second kappa shape index (κ2) is 4.62. The molecule has 7 heavy (non-hydrogen) atoms. The Morgan fingerprint density at radius 2 is 1.14 bits per heavy atom. The molecule has 0 unspecified atom stereocenters. The predicted octanol–water partition coefficient (Wildman–Crippen LogP) is -1.34. The number of rotatable bonds is 0. The van der Waals surface area contributed by atoms with Gasteiger partial charge >= 0.3 is 19.8 Å². The molecule has 0 amide bonds. The van der Waals surface area contributed by atoms with Crippen LogP contribution in [-0.2, 0) is 10.4 Å². The zero-order chi connectivity index (χ0) is 4.50. The molecule has 0 atom stereocenters. The van der Waals surface area contributed by atoms with Crippen LogP contribution < -0.4 is 6.15 Å². The molecule has 0 aliphatic carbocycles. The molecule has 0 spiro atoms. The van der Waals surface area contributed by atoms with E-state index in [2.05, 4.69) is 0 Å². The van der Waals surface area contributed by atoms with Gasteiger partial charge in [0.05, 0.1) is 0 Å². The van der Waals surface area contributed by atoms with Crippen LogP contribution >= 0.6 is 0 Å². The zero-order valence-electron chi connectivity index (χ0n) is 3.62. The standard InChI is InChI=1S/Ga.H3N.H2O4S/c;;1-5(2,3)4/h;1H3;(H2,1,2,3,4)/q+3;;/p-1. The van der Waals surface area contributed by atoms with E-state index in [4.69, 9.17) is 17.5 Å². The second-order valence-electron chi connectivity index (χ2n) is 0.408. The van der Waals surface area contributed by atoms with Crippen molar-refractivity contribution < 1.29 is 17.5 Å². The van der Waals surface area contributed by atoms with Crippen LogP contribution in [0.15, 0.2) is 0 Å². The molecule has 40 valence electrons. The molecule has 4 N–H and O–H groups in total. The summed E-state index contributed by atoms with van der Waals surface area (Å²) in [5.74, 6) is 0. The van der Waals surface area contributed by atoms with Crippen LogP contribution in [0.3, 0.4) is 0 Å². The molecular weight excluding hydrogens is 180 g/mol. The monoisotopic (exact) mass is 183 g/mol. The maximum atomic E-state index is 8.52. The molecule has 0 aromatic rings. The molecular formula is H4GaNO4S+2. The average molecular weight is 184 g/mol. The summed E-state index contributed by atoms with van der Waals surface area (Å²) in [6, 6.07) is 0. The molecule has 5 nitrogen and oxygen atoms in total. The Hall–Kier alpha value is 0.466. The number of quaternary nitrogens is 1. The van der Waals surface area contributed by atoms with E-state index < -0.39 is 10.4 Å². The summed E-state index contributed by atoms with van der Waals surface area (Å²) >= 11 is 0. The third-order valence-electron chi connectivity index (χ3n) is 0. The second-order valence-corrected chi connectivity index (χ2v) is 1.22. The van der Waals surface area contributed by atoms with Crippen LogP contribution in [0.5, 0.6) is 0 Å². The first-order valence-corrected chi connectivity index (χ1v) is 2.00. The van der Waals surface area contributed by atoms with E-state index in [1.165, 1.54) is 0 Å². The van der Waals surface area contributed by atoms with Crippen LogP contribution in [0.25, 0.3) is 0 Å². The van der Waals surface area contributed by atoms with E-state index >= 15 is 0 Å². The minimum atomic E-state index is -5.17. The normalized spacial score (nSPS) is 8.29. The SMILES string of the molecule is O=S(=O)([O-])[O-].[Ga+3].[NH4+]. The van der Waals surface area contributed by atoms with Crippen molar-refractivity contribution in [3.05, 3.63) is 0 Å². The third kappa shape index (κ3) is 593. The summed E-state index contributed by atoms with van der Waals surface area (Å²) in [4.78, 5) is 0. The Balaban J connectivity index is -0.0000000800. The van der Waals surface area contributed by atoms with Gasteiger partial charge in [-0.2, -0.15) is 0 Å². The smallest absolute Gasteiger partial charge is 0.759 e. The number of hydrogen-bond donors (Lipinski definition) is 1. The van der Waals surface area contributed by atoms with Gasteiger partial charge in [0.2, 0.25) is 0 Å². The summed E-state index contributed by atoms with van der Waals surface area (Å²) in [5, 5.41) is 0. The van der Waals surface area contributed by atoms with Crippen molar-refractivity contribution in [2.45, 2.75) is 0 Å². The summed E-state index contributed by atoms with van der Waals surface area (Å²) in [6.45, 7) is 0. The van der Waals surface area contributed by atoms with Crippen LogP contribution in [0, 0.1) is 0 Å². The third-order valence-corrected chi connectivity index (χ3v) is 0. The minimum Gasteiger partial charge on any atom is -0.759 e. The van der Waals surface area contributed by atoms with Gasteiger partial charge in [0.15, 0.2) is 0 Å². The molecule has 0 aromatic carbocycles. The molecule has 0 rings (SSSR count). The minimum absolute atomic E-state index is 0. The summed E-state index contributed by atoms with van der Waals surface area (Å²) in [6.07, 6.45) is 0. The largest absolute Gasteiger partial charge is 3.00 e. The zero-order valence-corrected chi connectivity index (χ0v) is 6.86. The van der Waals surface area contributed by atoms with Gasteiger partial charge in [0.25, 0.3) is 0 Å². The average Bonchev–Trinajstić information content (AvgIpc) is 0.722. The van der Waals surface area contributed by atoms with Gasteiger partial charge in [0.1, 0.15) is 0 Å². The Morgan fingerprint density at radius 3 is 1.14 bits per heavy atom. The van der Waals surface area contributed by atoms with E-state index in [1.54, 1.807) is 0 Å². The quantitative estimate of drug-likeness (QED) is 0.284. The molecule has 0 fully saturated rings. The molecule has 0 aliphatic heterocycles. The molecule has 0 radical (unpaired) electrons. The molecule has 0 saturated carbocycles. The topological polar surface area (TPSA) is 117 Å². The van der Waals surface area contributed by atoms with Crippen LogP contribution in [0.1, 0.15) is 0 Å². The fourth-order valence-corrected chi connectivity index (χ4v) is 0. The Bertz CT molecular complexity index is 94.9. The van der Waals surface area contributed by atoms with E-state index in [9.17, 15) is 0 Å². The molecule has 0 aliphatic rings. The fraction of sp³-hybridized carbons (Fsp3) is 0. The van der Waals surface area contributed by atoms with Crippen molar-refractivity contribution in [2.24, 2.45) is 0 Å². The van der Waals surface area contributed by atoms with Gasteiger partial charge in [-0.05, 0) is 0 Å². The van der Waals surface area contributed by atoms with Gasteiger partial charge < -0.3 is 15.3 Å².